The molecule has 2 aliphatic rings. The Balaban J connectivity index is 1.30. The van der Waals surface area contributed by atoms with Crippen molar-refractivity contribution >= 4 is 39.2 Å². The van der Waals surface area contributed by atoms with Gasteiger partial charge in [-0.15, -0.1) is 0 Å². The molecular formula is C41H48ClFN4O4. The van der Waals surface area contributed by atoms with E-state index in [1.165, 1.54) is 12.1 Å². The molecular weight excluding hydrogens is 667 g/mol. The third-order valence-corrected chi connectivity index (χ3v) is 11.4. The van der Waals surface area contributed by atoms with Gasteiger partial charge in [-0.2, -0.15) is 5.10 Å². The smallest absolute Gasteiger partial charge is 0.352 e. The minimum absolute atomic E-state index is 0.100. The van der Waals surface area contributed by atoms with Gasteiger partial charge in [0, 0.05) is 54.4 Å². The molecule has 7 rings (SSSR count). The van der Waals surface area contributed by atoms with Crippen LogP contribution in [0.3, 0.4) is 0 Å². The van der Waals surface area contributed by atoms with Crippen LogP contribution in [-0.4, -0.2) is 63.7 Å². The van der Waals surface area contributed by atoms with Gasteiger partial charge in [-0.3, -0.25) is 9.58 Å². The number of aromatic carboxylic acids is 1. The lowest BCUT2D eigenvalue weighted by Gasteiger charge is -2.30. The van der Waals surface area contributed by atoms with E-state index in [4.69, 9.17) is 26.2 Å². The number of aryl methyl sites for hydroxylation is 3. The zero-order valence-electron chi connectivity index (χ0n) is 29.9. The number of aromatic nitrogens is 3. The van der Waals surface area contributed by atoms with E-state index in [1.54, 1.807) is 6.07 Å². The number of halogens is 2. The van der Waals surface area contributed by atoms with Gasteiger partial charge in [-0.25, -0.2) is 9.18 Å². The molecule has 0 amide bonds. The number of fused-ring (bicyclic) bond motifs is 3. The van der Waals surface area contributed by atoms with E-state index in [0.717, 1.165) is 114 Å². The van der Waals surface area contributed by atoms with E-state index in [9.17, 15) is 14.3 Å². The molecule has 0 radical (unpaired) electrons. The lowest BCUT2D eigenvalue weighted by Crippen LogP contribution is -2.28. The summed E-state index contributed by atoms with van der Waals surface area (Å²) in [5, 5.41) is 19.2. The van der Waals surface area contributed by atoms with E-state index in [0.29, 0.717) is 48.4 Å². The summed E-state index contributed by atoms with van der Waals surface area (Å²) in [6.07, 6.45) is 7.93. The van der Waals surface area contributed by atoms with Crippen LogP contribution in [0.2, 0.25) is 5.02 Å². The number of carboxylic acid groups (broad SMARTS) is 1. The zero-order chi connectivity index (χ0) is 35.6. The van der Waals surface area contributed by atoms with Crippen LogP contribution in [0.4, 0.5) is 4.39 Å². The number of nitrogens with zero attached hydrogens (tertiary/aromatic N) is 4. The van der Waals surface area contributed by atoms with Gasteiger partial charge in [0.1, 0.15) is 17.3 Å². The Morgan fingerprint density at radius 1 is 1.04 bits per heavy atom. The lowest BCUT2D eigenvalue weighted by molar-refractivity contribution is 0.0601. The molecule has 5 aromatic rings. The highest BCUT2D eigenvalue weighted by atomic mass is 35.5. The van der Waals surface area contributed by atoms with Crippen LogP contribution < -0.4 is 4.74 Å². The molecule has 1 fully saturated rings. The van der Waals surface area contributed by atoms with Crippen molar-refractivity contribution in [3.63, 3.8) is 0 Å². The van der Waals surface area contributed by atoms with Crippen LogP contribution in [0.5, 0.6) is 5.75 Å². The summed E-state index contributed by atoms with van der Waals surface area (Å²) in [4.78, 5) is 15.7. The minimum Gasteiger partial charge on any atom is -0.493 e. The van der Waals surface area contributed by atoms with Gasteiger partial charge in [0.25, 0.3) is 0 Å². The van der Waals surface area contributed by atoms with Crippen LogP contribution in [-0.2, 0) is 31.2 Å². The molecule has 1 N–H and O–H groups in total. The van der Waals surface area contributed by atoms with Crippen molar-refractivity contribution in [2.24, 2.45) is 13.0 Å². The summed E-state index contributed by atoms with van der Waals surface area (Å²) in [6, 6.07) is 14.3. The second kappa shape index (κ2) is 15.4. The van der Waals surface area contributed by atoms with Gasteiger partial charge < -0.3 is 19.1 Å². The number of ether oxygens (including phenoxy) is 2. The predicted molar refractivity (Wildman–Crippen MR) is 201 cm³/mol. The highest BCUT2D eigenvalue weighted by Crippen LogP contribution is 2.46. The maximum Gasteiger partial charge on any atom is 0.352 e. The summed E-state index contributed by atoms with van der Waals surface area (Å²) in [6.45, 7) is 5.66. The number of rotatable bonds is 10. The molecule has 1 unspecified atom stereocenters. The summed E-state index contributed by atoms with van der Waals surface area (Å²) in [5.74, 6) is 0.0959. The standard InChI is InChI=1S/C41H48ClFN4O4/c1-4-33-37-36-32(42)16-15-31-30(10-8-22-51-35-11-7-9-27-25-28(43)13-14-29(27)35)40(41(48)49)47(39(31)36)21-6-5-20-45(2)34(38(37)44-46(33)3)17-12-26-18-23-50-24-19-26/h7,9,11,13-16,25-26,34H,4-6,8,10,12,17-24H2,1-3H3,(H,48,49). The van der Waals surface area contributed by atoms with E-state index in [-0.39, 0.29) is 11.9 Å². The molecule has 51 heavy (non-hydrogen) atoms. The van der Waals surface area contributed by atoms with Crippen molar-refractivity contribution in [2.75, 3.05) is 33.4 Å². The monoisotopic (exact) mass is 714 g/mol. The van der Waals surface area contributed by atoms with Crippen molar-refractivity contribution in [3.05, 3.63) is 82.0 Å². The molecule has 0 aliphatic carbocycles. The average molecular weight is 715 g/mol. The van der Waals surface area contributed by atoms with E-state index in [1.807, 2.05) is 46.6 Å². The second-order valence-corrected chi connectivity index (χ2v) is 14.6. The molecule has 10 heteroatoms. The first-order valence-corrected chi connectivity index (χ1v) is 18.9. The van der Waals surface area contributed by atoms with E-state index in [2.05, 4.69) is 18.9 Å². The maximum absolute atomic E-state index is 13.9. The minimum atomic E-state index is -0.941. The molecule has 3 aromatic carbocycles. The van der Waals surface area contributed by atoms with Crippen molar-refractivity contribution < 1.29 is 23.8 Å². The van der Waals surface area contributed by atoms with Crippen LogP contribution in [0.25, 0.3) is 32.8 Å². The summed E-state index contributed by atoms with van der Waals surface area (Å²) in [5.41, 5.74) is 6.04. The Labute approximate surface area is 304 Å². The normalized spacial score (nSPS) is 17.5. The maximum atomic E-state index is 13.9. The van der Waals surface area contributed by atoms with Gasteiger partial charge in [0.2, 0.25) is 0 Å². The fraction of sp³-hybridized carbons (Fsp3) is 0.463. The Morgan fingerprint density at radius 3 is 2.61 bits per heavy atom. The lowest BCUT2D eigenvalue weighted by atomic mass is 9.89. The summed E-state index contributed by atoms with van der Waals surface area (Å²) >= 11 is 7.24. The molecule has 8 nitrogen and oxygen atoms in total. The van der Waals surface area contributed by atoms with Gasteiger partial charge in [-0.1, -0.05) is 36.7 Å². The van der Waals surface area contributed by atoms with Crippen molar-refractivity contribution in [3.8, 4) is 16.9 Å². The molecule has 0 bridgehead atoms. The molecule has 2 aliphatic heterocycles. The molecule has 0 saturated carbocycles. The summed E-state index contributed by atoms with van der Waals surface area (Å²) in [7, 11) is 4.22. The Bertz CT molecular complexity index is 2050. The van der Waals surface area contributed by atoms with Crippen molar-refractivity contribution in [2.45, 2.75) is 77.3 Å². The van der Waals surface area contributed by atoms with Crippen LogP contribution in [0, 0.1) is 11.7 Å². The number of hydrogen-bond acceptors (Lipinski definition) is 5. The molecule has 0 spiro atoms. The van der Waals surface area contributed by atoms with E-state index < -0.39 is 5.97 Å². The fourth-order valence-electron chi connectivity index (χ4n) is 8.51. The number of carbonyl (C=O) groups is 1. The molecule has 2 aromatic heterocycles. The quantitative estimate of drug-likeness (QED) is 0.145. The van der Waals surface area contributed by atoms with Crippen LogP contribution in [0.1, 0.15) is 85.4 Å². The topological polar surface area (TPSA) is 81.8 Å². The van der Waals surface area contributed by atoms with Crippen molar-refractivity contribution in [1.82, 2.24) is 19.2 Å². The number of carboxylic acids is 1. The first kappa shape index (κ1) is 35.5. The van der Waals surface area contributed by atoms with Gasteiger partial charge in [0.05, 0.1) is 28.9 Å². The van der Waals surface area contributed by atoms with Crippen molar-refractivity contribution in [1.29, 1.82) is 0 Å². The Kier molecular flexibility index (Phi) is 10.7. The Hall–Kier alpha value is -3.92. The largest absolute Gasteiger partial charge is 0.493 e. The fourth-order valence-corrected chi connectivity index (χ4v) is 8.75. The number of benzene rings is 3. The third kappa shape index (κ3) is 7.00. The predicted octanol–water partition coefficient (Wildman–Crippen LogP) is 9.23. The summed E-state index contributed by atoms with van der Waals surface area (Å²) < 4.78 is 29.8. The highest BCUT2D eigenvalue weighted by molar-refractivity contribution is 6.35. The van der Waals surface area contributed by atoms with Crippen LogP contribution >= 0.6 is 11.6 Å². The average Bonchev–Trinajstić information content (AvgIpc) is 3.61. The first-order chi connectivity index (χ1) is 24.8. The Morgan fingerprint density at radius 2 is 1.82 bits per heavy atom. The SMILES string of the molecule is CCc1c2c(nn1C)C(CCC1CCOCC1)N(C)CCCCn1c(C(=O)O)c(CCCOc3cccc4cc(F)ccc34)c3ccc(Cl)c-2c31. The highest BCUT2D eigenvalue weighted by Gasteiger charge is 2.33. The first-order valence-electron chi connectivity index (χ1n) is 18.5. The molecule has 1 atom stereocenters. The number of hydrogen-bond donors (Lipinski definition) is 1. The second-order valence-electron chi connectivity index (χ2n) is 14.2. The van der Waals surface area contributed by atoms with E-state index >= 15 is 0 Å². The molecule has 1 saturated heterocycles. The van der Waals surface area contributed by atoms with Gasteiger partial charge in [-0.05, 0) is 119 Å². The van der Waals surface area contributed by atoms with Gasteiger partial charge >= 0.3 is 5.97 Å². The third-order valence-electron chi connectivity index (χ3n) is 11.1. The zero-order valence-corrected chi connectivity index (χ0v) is 30.6. The molecule has 4 heterocycles. The molecule has 270 valence electrons. The van der Waals surface area contributed by atoms with Gasteiger partial charge in [0.15, 0.2) is 0 Å². The van der Waals surface area contributed by atoms with Crippen LogP contribution in [0.15, 0.2) is 48.5 Å².